The third-order valence-corrected chi connectivity index (χ3v) is 2.63. The zero-order valence-corrected chi connectivity index (χ0v) is 8.94. The van der Waals surface area contributed by atoms with Crippen molar-refractivity contribution in [2.75, 3.05) is 5.73 Å². The van der Waals surface area contributed by atoms with Crippen LogP contribution in [-0.4, -0.2) is 15.0 Å². The Kier molecular flexibility index (Phi) is 1.91. The van der Waals surface area contributed by atoms with Crippen molar-refractivity contribution in [3.8, 4) is 0 Å². The molecule has 3 aromatic rings. The van der Waals surface area contributed by atoms with E-state index in [9.17, 15) is 0 Å². The number of nitrogens with two attached hydrogens (primary N) is 1. The van der Waals surface area contributed by atoms with E-state index in [1.54, 1.807) is 24.5 Å². The SMILES string of the molecule is Nc1nc2cc(Cl)ccc2c2nccnc12. The summed E-state index contributed by atoms with van der Waals surface area (Å²) < 4.78 is 0. The van der Waals surface area contributed by atoms with E-state index in [-0.39, 0.29) is 0 Å². The molecule has 16 heavy (non-hydrogen) atoms. The van der Waals surface area contributed by atoms with E-state index in [1.165, 1.54) is 0 Å². The van der Waals surface area contributed by atoms with Crippen LogP contribution >= 0.6 is 11.6 Å². The molecule has 0 aliphatic carbocycles. The monoisotopic (exact) mass is 230 g/mol. The van der Waals surface area contributed by atoms with Gasteiger partial charge in [-0.3, -0.25) is 4.98 Å². The quantitative estimate of drug-likeness (QED) is 0.603. The van der Waals surface area contributed by atoms with Crippen molar-refractivity contribution >= 4 is 39.4 Å². The second-order valence-corrected chi connectivity index (χ2v) is 3.85. The fourth-order valence-electron chi connectivity index (χ4n) is 1.70. The van der Waals surface area contributed by atoms with E-state index in [0.717, 1.165) is 16.4 Å². The molecule has 0 aliphatic rings. The maximum absolute atomic E-state index is 5.91. The predicted octanol–water partition coefficient (Wildman–Crippen LogP) is 2.41. The van der Waals surface area contributed by atoms with Crippen LogP contribution in [0.15, 0.2) is 30.6 Å². The molecule has 0 radical (unpaired) electrons. The number of rotatable bonds is 0. The topological polar surface area (TPSA) is 64.7 Å². The van der Waals surface area contributed by atoms with Gasteiger partial charge in [-0.1, -0.05) is 11.6 Å². The van der Waals surface area contributed by atoms with Crippen molar-refractivity contribution in [1.82, 2.24) is 15.0 Å². The molecule has 0 fully saturated rings. The molecule has 3 rings (SSSR count). The van der Waals surface area contributed by atoms with Crippen LogP contribution in [0.1, 0.15) is 0 Å². The van der Waals surface area contributed by atoms with Gasteiger partial charge in [0.25, 0.3) is 0 Å². The minimum atomic E-state index is 0.373. The third kappa shape index (κ3) is 1.27. The van der Waals surface area contributed by atoms with Crippen LogP contribution < -0.4 is 5.73 Å². The molecule has 0 aliphatic heterocycles. The molecule has 78 valence electrons. The summed E-state index contributed by atoms with van der Waals surface area (Å²) in [6.45, 7) is 0. The van der Waals surface area contributed by atoms with Crippen molar-refractivity contribution in [3.05, 3.63) is 35.6 Å². The van der Waals surface area contributed by atoms with Gasteiger partial charge in [0.15, 0.2) is 5.82 Å². The van der Waals surface area contributed by atoms with Gasteiger partial charge in [0.05, 0.1) is 5.52 Å². The van der Waals surface area contributed by atoms with E-state index < -0.39 is 0 Å². The summed E-state index contributed by atoms with van der Waals surface area (Å²) in [5.74, 6) is 0.373. The van der Waals surface area contributed by atoms with Crippen molar-refractivity contribution in [3.63, 3.8) is 0 Å². The first-order valence-corrected chi connectivity index (χ1v) is 5.09. The molecule has 0 unspecified atom stereocenters. The lowest BCUT2D eigenvalue weighted by Crippen LogP contribution is -1.96. The molecular formula is C11H7ClN4. The summed E-state index contributed by atoms with van der Waals surface area (Å²) in [5, 5.41) is 1.53. The summed E-state index contributed by atoms with van der Waals surface area (Å²) in [4.78, 5) is 12.7. The van der Waals surface area contributed by atoms with Gasteiger partial charge in [0.1, 0.15) is 11.0 Å². The van der Waals surface area contributed by atoms with Crippen molar-refractivity contribution in [1.29, 1.82) is 0 Å². The number of pyridine rings is 1. The number of benzene rings is 1. The lowest BCUT2D eigenvalue weighted by atomic mass is 10.2. The molecular weight excluding hydrogens is 224 g/mol. The third-order valence-electron chi connectivity index (χ3n) is 2.40. The van der Waals surface area contributed by atoms with Crippen LogP contribution in [-0.2, 0) is 0 Å². The highest BCUT2D eigenvalue weighted by molar-refractivity contribution is 6.31. The fourth-order valence-corrected chi connectivity index (χ4v) is 1.87. The Morgan fingerprint density at radius 3 is 2.62 bits per heavy atom. The van der Waals surface area contributed by atoms with E-state index in [1.807, 2.05) is 6.07 Å². The number of nitrogen functional groups attached to an aromatic ring is 1. The molecule has 4 nitrogen and oxygen atoms in total. The Balaban J connectivity index is 2.59. The molecule has 2 aromatic heterocycles. The molecule has 2 heterocycles. The molecule has 5 heteroatoms. The Hall–Kier alpha value is -1.94. The van der Waals surface area contributed by atoms with Crippen molar-refractivity contribution in [2.24, 2.45) is 0 Å². The first-order chi connectivity index (χ1) is 7.75. The van der Waals surface area contributed by atoms with Gasteiger partial charge in [0.2, 0.25) is 0 Å². The van der Waals surface area contributed by atoms with E-state index in [2.05, 4.69) is 15.0 Å². The van der Waals surface area contributed by atoms with E-state index in [0.29, 0.717) is 16.4 Å². The highest BCUT2D eigenvalue weighted by atomic mass is 35.5. The predicted molar refractivity (Wildman–Crippen MR) is 64.3 cm³/mol. The number of hydrogen-bond acceptors (Lipinski definition) is 4. The maximum atomic E-state index is 5.91. The maximum Gasteiger partial charge on any atom is 0.152 e. The average molecular weight is 231 g/mol. The number of fused-ring (bicyclic) bond motifs is 3. The average Bonchev–Trinajstić information content (AvgIpc) is 2.29. The molecule has 1 aromatic carbocycles. The first kappa shape index (κ1) is 9.30. The van der Waals surface area contributed by atoms with Crippen molar-refractivity contribution in [2.45, 2.75) is 0 Å². The summed E-state index contributed by atoms with van der Waals surface area (Å²) in [6, 6.07) is 5.44. The number of anilines is 1. The van der Waals surface area contributed by atoms with Crippen LogP contribution in [0.25, 0.3) is 21.9 Å². The van der Waals surface area contributed by atoms with Gasteiger partial charge in [-0.2, -0.15) is 0 Å². The molecule has 0 amide bonds. The zero-order valence-electron chi connectivity index (χ0n) is 8.18. The Bertz CT molecular complexity index is 696. The van der Waals surface area contributed by atoms with Gasteiger partial charge >= 0.3 is 0 Å². The summed E-state index contributed by atoms with van der Waals surface area (Å²) >= 11 is 5.91. The Morgan fingerprint density at radius 1 is 1.06 bits per heavy atom. The van der Waals surface area contributed by atoms with Crippen LogP contribution in [0.3, 0.4) is 0 Å². The minimum absolute atomic E-state index is 0.373. The lowest BCUT2D eigenvalue weighted by molar-refractivity contribution is 1.28. The minimum Gasteiger partial charge on any atom is -0.382 e. The van der Waals surface area contributed by atoms with E-state index >= 15 is 0 Å². The van der Waals surface area contributed by atoms with Crippen LogP contribution in [0.2, 0.25) is 5.02 Å². The summed E-state index contributed by atoms with van der Waals surface area (Å²) in [5.41, 5.74) is 7.92. The Labute approximate surface area is 96.1 Å². The van der Waals surface area contributed by atoms with Crippen LogP contribution in [0, 0.1) is 0 Å². The Morgan fingerprint density at radius 2 is 1.81 bits per heavy atom. The molecule has 0 bridgehead atoms. The normalized spacial score (nSPS) is 11.1. The molecule has 0 atom stereocenters. The second-order valence-electron chi connectivity index (χ2n) is 3.41. The number of aromatic nitrogens is 3. The number of nitrogens with zero attached hydrogens (tertiary/aromatic N) is 3. The summed E-state index contributed by atoms with van der Waals surface area (Å²) in [7, 11) is 0. The molecule has 0 spiro atoms. The van der Waals surface area contributed by atoms with Gasteiger partial charge in [-0.25, -0.2) is 9.97 Å². The van der Waals surface area contributed by atoms with Gasteiger partial charge in [0, 0.05) is 22.8 Å². The summed E-state index contributed by atoms with van der Waals surface area (Å²) in [6.07, 6.45) is 3.23. The zero-order chi connectivity index (χ0) is 11.1. The second kappa shape index (κ2) is 3.28. The molecule has 0 saturated carbocycles. The molecule has 0 saturated heterocycles. The highest BCUT2D eigenvalue weighted by Gasteiger charge is 2.07. The van der Waals surface area contributed by atoms with Gasteiger partial charge in [-0.05, 0) is 18.2 Å². The lowest BCUT2D eigenvalue weighted by Gasteiger charge is -2.04. The van der Waals surface area contributed by atoms with Crippen LogP contribution in [0.5, 0.6) is 0 Å². The smallest absolute Gasteiger partial charge is 0.152 e. The fraction of sp³-hybridized carbons (Fsp3) is 0. The standard InChI is InChI=1S/C11H7ClN4/c12-6-1-2-7-8(5-6)16-11(13)10-9(7)14-3-4-15-10/h1-5H,(H2,13,16). The molecule has 2 N–H and O–H groups in total. The van der Waals surface area contributed by atoms with E-state index in [4.69, 9.17) is 17.3 Å². The number of halogens is 1. The highest BCUT2D eigenvalue weighted by Crippen LogP contribution is 2.26. The number of hydrogen-bond donors (Lipinski definition) is 1. The van der Waals surface area contributed by atoms with Crippen LogP contribution in [0.4, 0.5) is 5.82 Å². The van der Waals surface area contributed by atoms with Crippen molar-refractivity contribution < 1.29 is 0 Å². The largest absolute Gasteiger partial charge is 0.382 e. The first-order valence-electron chi connectivity index (χ1n) is 4.71. The van der Waals surface area contributed by atoms with Gasteiger partial charge < -0.3 is 5.73 Å². The van der Waals surface area contributed by atoms with Gasteiger partial charge in [-0.15, -0.1) is 0 Å².